The lowest BCUT2D eigenvalue weighted by atomic mass is 9.94. The minimum absolute atomic E-state index is 0.00274. The van der Waals surface area contributed by atoms with Gasteiger partial charge in [-0.05, 0) is 67.6 Å². The van der Waals surface area contributed by atoms with Gasteiger partial charge in [0.25, 0.3) is 11.7 Å². The average Bonchev–Trinajstić information content (AvgIpc) is 3.55. The summed E-state index contributed by atoms with van der Waals surface area (Å²) in [5.74, 6) is 0.275. The van der Waals surface area contributed by atoms with E-state index in [1.807, 2.05) is 43.3 Å². The second-order valence-electron chi connectivity index (χ2n) is 9.52. The molecule has 1 aliphatic carbocycles. The SMILES string of the molecule is CCCOc1ccc(C2/C(=C(/O)c3ccc4c(c3)CC(C)O4)C(=O)C(=O)N2C2CCCC2)cc1. The molecule has 1 N–H and O–H groups in total. The highest BCUT2D eigenvalue weighted by molar-refractivity contribution is 6.46. The zero-order valence-electron chi connectivity index (χ0n) is 19.8. The van der Waals surface area contributed by atoms with Gasteiger partial charge in [0.05, 0.1) is 18.2 Å². The van der Waals surface area contributed by atoms with Crippen LogP contribution in [0, 0.1) is 0 Å². The standard InChI is InChI=1S/C28H31NO5/c1-3-14-33-22-11-8-18(9-12-22)25-24(27(31)28(32)29(25)21-6-4-5-7-21)26(30)19-10-13-23-20(16-19)15-17(2)34-23/h8-13,16-17,21,25,30H,3-7,14-15H2,1-2H3/b26-24-. The summed E-state index contributed by atoms with van der Waals surface area (Å²) in [6, 6.07) is 12.4. The number of hydrogen-bond acceptors (Lipinski definition) is 5. The van der Waals surface area contributed by atoms with E-state index < -0.39 is 17.7 Å². The van der Waals surface area contributed by atoms with Crippen molar-refractivity contribution < 1.29 is 24.2 Å². The van der Waals surface area contributed by atoms with Crippen molar-refractivity contribution in [1.82, 2.24) is 4.90 Å². The van der Waals surface area contributed by atoms with Crippen LogP contribution in [0.5, 0.6) is 11.5 Å². The zero-order valence-corrected chi connectivity index (χ0v) is 19.8. The van der Waals surface area contributed by atoms with Gasteiger partial charge in [-0.1, -0.05) is 31.9 Å². The number of amides is 1. The predicted molar refractivity (Wildman–Crippen MR) is 129 cm³/mol. The lowest BCUT2D eigenvalue weighted by Crippen LogP contribution is -2.37. The molecule has 34 heavy (non-hydrogen) atoms. The molecule has 0 aromatic heterocycles. The second-order valence-corrected chi connectivity index (χ2v) is 9.52. The number of nitrogens with zero attached hydrogens (tertiary/aromatic N) is 1. The van der Waals surface area contributed by atoms with Crippen molar-refractivity contribution in [2.45, 2.75) is 70.6 Å². The number of carbonyl (C=O) groups excluding carboxylic acids is 2. The van der Waals surface area contributed by atoms with Crippen molar-refractivity contribution in [3.63, 3.8) is 0 Å². The Morgan fingerprint density at radius 2 is 1.85 bits per heavy atom. The molecule has 2 atom stereocenters. The number of rotatable bonds is 6. The number of benzene rings is 2. The maximum absolute atomic E-state index is 13.3. The molecule has 0 spiro atoms. The molecule has 2 aliphatic heterocycles. The van der Waals surface area contributed by atoms with Gasteiger partial charge in [0.2, 0.25) is 0 Å². The smallest absolute Gasteiger partial charge is 0.295 e. The van der Waals surface area contributed by atoms with E-state index in [0.717, 1.165) is 61.2 Å². The number of carbonyl (C=O) groups is 2. The van der Waals surface area contributed by atoms with Crippen molar-refractivity contribution in [3.8, 4) is 11.5 Å². The summed E-state index contributed by atoms with van der Waals surface area (Å²) >= 11 is 0. The minimum atomic E-state index is -0.620. The fraction of sp³-hybridized carbons (Fsp3) is 0.429. The van der Waals surface area contributed by atoms with Gasteiger partial charge in [-0.2, -0.15) is 0 Å². The average molecular weight is 462 g/mol. The number of ketones is 1. The number of ether oxygens (including phenoxy) is 2. The Balaban J connectivity index is 1.58. The van der Waals surface area contributed by atoms with E-state index in [1.54, 1.807) is 11.0 Å². The minimum Gasteiger partial charge on any atom is -0.507 e. The Morgan fingerprint density at radius 1 is 1.12 bits per heavy atom. The third-order valence-electron chi connectivity index (χ3n) is 7.04. The highest BCUT2D eigenvalue weighted by atomic mass is 16.5. The zero-order chi connectivity index (χ0) is 23.8. The molecule has 2 heterocycles. The second kappa shape index (κ2) is 9.16. The van der Waals surface area contributed by atoms with Crippen molar-refractivity contribution in [1.29, 1.82) is 0 Å². The molecule has 6 heteroatoms. The molecule has 6 nitrogen and oxygen atoms in total. The number of Topliss-reactive ketones (excluding diaryl/α,β-unsaturated/α-hetero) is 1. The monoisotopic (exact) mass is 461 g/mol. The van der Waals surface area contributed by atoms with Crippen molar-refractivity contribution in [2.75, 3.05) is 6.61 Å². The predicted octanol–water partition coefficient (Wildman–Crippen LogP) is 5.16. The Hall–Kier alpha value is -3.28. The van der Waals surface area contributed by atoms with Crippen LogP contribution in [0.15, 0.2) is 48.0 Å². The van der Waals surface area contributed by atoms with Gasteiger partial charge in [-0.3, -0.25) is 9.59 Å². The number of aliphatic hydroxyl groups is 1. The van der Waals surface area contributed by atoms with Crippen LogP contribution in [0.25, 0.3) is 5.76 Å². The summed E-state index contributed by atoms with van der Waals surface area (Å²) in [7, 11) is 0. The molecule has 1 saturated carbocycles. The first-order valence-corrected chi connectivity index (χ1v) is 12.3. The molecule has 2 aromatic carbocycles. The number of likely N-dealkylation sites (tertiary alicyclic amines) is 1. The van der Waals surface area contributed by atoms with Crippen LogP contribution in [-0.4, -0.2) is 40.4 Å². The first-order valence-electron chi connectivity index (χ1n) is 12.3. The van der Waals surface area contributed by atoms with Crippen LogP contribution in [0.3, 0.4) is 0 Å². The van der Waals surface area contributed by atoms with Crippen molar-refractivity contribution in [2.24, 2.45) is 0 Å². The van der Waals surface area contributed by atoms with Gasteiger partial charge in [-0.25, -0.2) is 0 Å². The molecule has 2 unspecified atom stereocenters. The topological polar surface area (TPSA) is 76.1 Å². The molecular formula is C28H31NO5. The Morgan fingerprint density at radius 3 is 2.56 bits per heavy atom. The van der Waals surface area contributed by atoms with Gasteiger partial charge in [0.15, 0.2) is 0 Å². The number of aliphatic hydroxyl groups excluding tert-OH is 1. The first-order chi connectivity index (χ1) is 16.5. The molecule has 3 aliphatic rings. The van der Waals surface area contributed by atoms with Crippen molar-refractivity contribution >= 4 is 17.4 Å². The summed E-state index contributed by atoms with van der Waals surface area (Å²) in [6.45, 7) is 4.68. The van der Waals surface area contributed by atoms with Gasteiger partial charge in [0, 0.05) is 18.0 Å². The van der Waals surface area contributed by atoms with Crippen LogP contribution < -0.4 is 9.47 Å². The molecule has 178 valence electrons. The summed E-state index contributed by atoms with van der Waals surface area (Å²) in [5, 5.41) is 11.4. The maximum Gasteiger partial charge on any atom is 0.295 e. The van der Waals surface area contributed by atoms with E-state index in [2.05, 4.69) is 6.92 Å². The third-order valence-corrected chi connectivity index (χ3v) is 7.04. The maximum atomic E-state index is 13.3. The summed E-state index contributed by atoms with van der Waals surface area (Å²) in [5.41, 5.74) is 2.49. The summed E-state index contributed by atoms with van der Waals surface area (Å²) < 4.78 is 11.5. The normalized spacial score (nSPS) is 23.9. The molecule has 1 saturated heterocycles. The fourth-order valence-electron chi connectivity index (χ4n) is 5.43. The molecule has 1 amide bonds. The Kier molecular flexibility index (Phi) is 6.07. The van der Waals surface area contributed by atoms with E-state index >= 15 is 0 Å². The van der Waals surface area contributed by atoms with E-state index in [1.165, 1.54) is 0 Å². The van der Waals surface area contributed by atoms with E-state index in [-0.39, 0.29) is 23.5 Å². The van der Waals surface area contributed by atoms with Crippen LogP contribution in [0.4, 0.5) is 0 Å². The summed E-state index contributed by atoms with van der Waals surface area (Å²) in [4.78, 5) is 28.3. The Labute approximate surface area is 200 Å². The molecule has 2 aromatic rings. The quantitative estimate of drug-likeness (QED) is 0.365. The van der Waals surface area contributed by atoms with Gasteiger partial charge in [0.1, 0.15) is 23.4 Å². The van der Waals surface area contributed by atoms with Crippen LogP contribution in [0.2, 0.25) is 0 Å². The fourth-order valence-corrected chi connectivity index (χ4v) is 5.43. The highest BCUT2D eigenvalue weighted by Crippen LogP contribution is 2.44. The molecule has 0 radical (unpaired) electrons. The van der Waals surface area contributed by atoms with Crippen LogP contribution in [-0.2, 0) is 16.0 Å². The Bertz CT molecular complexity index is 1130. The van der Waals surface area contributed by atoms with Crippen LogP contribution >= 0.6 is 0 Å². The van der Waals surface area contributed by atoms with E-state index in [9.17, 15) is 14.7 Å². The summed E-state index contributed by atoms with van der Waals surface area (Å²) in [6.07, 6.45) is 5.54. The van der Waals surface area contributed by atoms with Crippen molar-refractivity contribution in [3.05, 3.63) is 64.7 Å². The van der Waals surface area contributed by atoms with Crippen LogP contribution in [0.1, 0.15) is 68.7 Å². The highest BCUT2D eigenvalue weighted by Gasteiger charge is 2.49. The lowest BCUT2D eigenvalue weighted by Gasteiger charge is -2.30. The van der Waals surface area contributed by atoms with Gasteiger partial charge >= 0.3 is 0 Å². The molecular weight excluding hydrogens is 430 g/mol. The van der Waals surface area contributed by atoms with E-state index in [4.69, 9.17) is 9.47 Å². The molecule has 5 rings (SSSR count). The number of fused-ring (bicyclic) bond motifs is 1. The molecule has 0 bridgehead atoms. The first kappa shape index (κ1) is 22.5. The van der Waals surface area contributed by atoms with E-state index in [0.29, 0.717) is 12.2 Å². The molecule has 2 fully saturated rings. The van der Waals surface area contributed by atoms with Gasteiger partial charge < -0.3 is 19.5 Å². The largest absolute Gasteiger partial charge is 0.507 e. The lowest BCUT2D eigenvalue weighted by molar-refractivity contribution is -0.141. The number of hydrogen-bond donors (Lipinski definition) is 1. The van der Waals surface area contributed by atoms with Gasteiger partial charge in [-0.15, -0.1) is 0 Å². The third kappa shape index (κ3) is 3.95.